The maximum atomic E-state index is 11.6. The molecule has 0 saturated carbocycles. The van der Waals surface area contributed by atoms with Crippen molar-refractivity contribution in [3.8, 4) is 0 Å². The van der Waals surface area contributed by atoms with Gasteiger partial charge >= 0.3 is 0 Å². The summed E-state index contributed by atoms with van der Waals surface area (Å²) in [5.74, 6) is 0.142. The highest BCUT2D eigenvalue weighted by Gasteiger charge is 2.10. The van der Waals surface area contributed by atoms with Gasteiger partial charge in [-0.3, -0.25) is 4.79 Å². The Hall–Kier alpha value is -0.0700. The number of ether oxygens (including phenoxy) is 1. The molecular formula is C12H29Cl2N3O2. The molecule has 0 aliphatic heterocycles. The standard InChI is InChI=1S/C12H27N3O2.2ClH/c1-11(10-13-2)12(16)14-6-8-15(3)7-5-9-17-4;;/h11,13H,5-10H2,1-4H3,(H,14,16);2*1H. The van der Waals surface area contributed by atoms with E-state index in [2.05, 4.69) is 22.6 Å². The van der Waals surface area contributed by atoms with Crippen LogP contribution in [0, 0.1) is 5.92 Å². The number of hydrogen-bond donors (Lipinski definition) is 2. The number of carbonyl (C=O) groups excluding carboxylic acids is 1. The van der Waals surface area contributed by atoms with Crippen LogP contribution in [0.25, 0.3) is 0 Å². The molecule has 2 N–H and O–H groups in total. The first-order valence-electron chi connectivity index (χ1n) is 6.21. The lowest BCUT2D eigenvalue weighted by molar-refractivity contribution is -0.124. The fourth-order valence-electron chi connectivity index (χ4n) is 1.53. The average Bonchev–Trinajstić information content (AvgIpc) is 2.29. The lowest BCUT2D eigenvalue weighted by Gasteiger charge is -2.17. The van der Waals surface area contributed by atoms with Crippen LogP contribution in [0.1, 0.15) is 13.3 Å². The van der Waals surface area contributed by atoms with Gasteiger partial charge in [-0.05, 0) is 20.5 Å². The zero-order valence-corrected chi connectivity index (χ0v) is 14.0. The molecule has 0 rings (SSSR count). The molecule has 0 radical (unpaired) electrons. The number of halogens is 2. The number of rotatable bonds is 10. The molecule has 0 aromatic carbocycles. The van der Waals surface area contributed by atoms with Crippen molar-refractivity contribution in [1.29, 1.82) is 0 Å². The van der Waals surface area contributed by atoms with Gasteiger partial charge in [-0.2, -0.15) is 0 Å². The molecule has 1 unspecified atom stereocenters. The highest BCUT2D eigenvalue weighted by molar-refractivity contribution is 5.85. The Balaban J connectivity index is -0.00000128. The van der Waals surface area contributed by atoms with Crippen LogP contribution in [0.4, 0.5) is 0 Å². The summed E-state index contributed by atoms with van der Waals surface area (Å²) in [6, 6.07) is 0. The molecule has 7 heteroatoms. The van der Waals surface area contributed by atoms with E-state index in [1.807, 2.05) is 14.0 Å². The van der Waals surface area contributed by atoms with Crippen LogP contribution >= 0.6 is 24.8 Å². The van der Waals surface area contributed by atoms with E-state index in [1.165, 1.54) is 0 Å². The summed E-state index contributed by atoms with van der Waals surface area (Å²) in [4.78, 5) is 13.8. The van der Waals surface area contributed by atoms with Gasteiger partial charge in [-0.25, -0.2) is 0 Å². The summed E-state index contributed by atoms with van der Waals surface area (Å²) in [6.45, 7) is 6.01. The maximum absolute atomic E-state index is 11.6. The Kier molecular flexibility index (Phi) is 20.2. The minimum Gasteiger partial charge on any atom is -0.385 e. The van der Waals surface area contributed by atoms with Gasteiger partial charge < -0.3 is 20.3 Å². The van der Waals surface area contributed by atoms with Crippen LogP contribution in [-0.2, 0) is 9.53 Å². The SMILES string of the molecule is CNCC(C)C(=O)NCCN(C)CCCOC.Cl.Cl. The molecule has 0 fully saturated rings. The number of hydrogen-bond acceptors (Lipinski definition) is 4. The number of nitrogens with zero attached hydrogens (tertiary/aromatic N) is 1. The minimum atomic E-state index is 0. The molecule has 0 spiro atoms. The van der Waals surface area contributed by atoms with E-state index in [9.17, 15) is 4.79 Å². The summed E-state index contributed by atoms with van der Waals surface area (Å²) in [6.07, 6.45) is 1.02. The Morgan fingerprint density at radius 3 is 2.47 bits per heavy atom. The van der Waals surface area contributed by atoms with Gasteiger partial charge in [0.1, 0.15) is 0 Å². The molecule has 1 atom stereocenters. The van der Waals surface area contributed by atoms with Crippen molar-refractivity contribution in [3.05, 3.63) is 0 Å². The van der Waals surface area contributed by atoms with E-state index >= 15 is 0 Å². The molecule has 0 aromatic rings. The van der Waals surface area contributed by atoms with Crippen molar-refractivity contribution >= 4 is 30.7 Å². The molecular weight excluding hydrogens is 289 g/mol. The molecule has 0 aliphatic carbocycles. The first-order valence-corrected chi connectivity index (χ1v) is 6.21. The van der Waals surface area contributed by atoms with Crippen molar-refractivity contribution in [1.82, 2.24) is 15.5 Å². The molecule has 0 heterocycles. The van der Waals surface area contributed by atoms with Gasteiger partial charge in [0.25, 0.3) is 0 Å². The van der Waals surface area contributed by atoms with Crippen molar-refractivity contribution in [2.24, 2.45) is 5.92 Å². The summed E-state index contributed by atoms with van der Waals surface area (Å²) < 4.78 is 4.99. The zero-order chi connectivity index (χ0) is 13.1. The second-order valence-corrected chi connectivity index (χ2v) is 4.40. The maximum Gasteiger partial charge on any atom is 0.224 e. The summed E-state index contributed by atoms with van der Waals surface area (Å²) in [5.41, 5.74) is 0. The minimum absolute atomic E-state index is 0. The molecule has 118 valence electrons. The van der Waals surface area contributed by atoms with E-state index in [-0.39, 0.29) is 36.6 Å². The highest BCUT2D eigenvalue weighted by atomic mass is 35.5. The molecule has 5 nitrogen and oxygen atoms in total. The number of carbonyl (C=O) groups is 1. The predicted molar refractivity (Wildman–Crippen MR) is 84.6 cm³/mol. The normalized spacial score (nSPS) is 11.4. The summed E-state index contributed by atoms with van der Waals surface area (Å²) in [7, 11) is 5.62. The molecule has 19 heavy (non-hydrogen) atoms. The first kappa shape index (κ1) is 24.0. The van der Waals surface area contributed by atoms with E-state index in [1.54, 1.807) is 7.11 Å². The van der Waals surface area contributed by atoms with Crippen molar-refractivity contribution in [2.45, 2.75) is 13.3 Å². The number of amides is 1. The second-order valence-electron chi connectivity index (χ2n) is 4.40. The number of methoxy groups -OCH3 is 1. The third kappa shape index (κ3) is 14.2. The van der Waals surface area contributed by atoms with Crippen LogP contribution in [0.3, 0.4) is 0 Å². The third-order valence-corrected chi connectivity index (χ3v) is 2.64. The lowest BCUT2D eigenvalue weighted by Crippen LogP contribution is -2.38. The Morgan fingerprint density at radius 2 is 1.95 bits per heavy atom. The smallest absolute Gasteiger partial charge is 0.224 e. The van der Waals surface area contributed by atoms with Gasteiger partial charge in [-0.15, -0.1) is 24.8 Å². The van der Waals surface area contributed by atoms with Gasteiger partial charge in [0.2, 0.25) is 5.91 Å². The van der Waals surface area contributed by atoms with Gasteiger partial charge in [0.05, 0.1) is 0 Å². The zero-order valence-electron chi connectivity index (χ0n) is 12.4. The van der Waals surface area contributed by atoms with Crippen LogP contribution in [0.2, 0.25) is 0 Å². The van der Waals surface area contributed by atoms with Gasteiger partial charge in [-0.1, -0.05) is 6.92 Å². The largest absolute Gasteiger partial charge is 0.385 e. The first-order chi connectivity index (χ1) is 8.11. The average molecular weight is 318 g/mol. The fourth-order valence-corrected chi connectivity index (χ4v) is 1.53. The Bertz CT molecular complexity index is 209. The summed E-state index contributed by atoms with van der Waals surface area (Å²) >= 11 is 0. The van der Waals surface area contributed by atoms with Crippen LogP contribution < -0.4 is 10.6 Å². The van der Waals surface area contributed by atoms with E-state index in [0.717, 1.165) is 32.7 Å². The van der Waals surface area contributed by atoms with Gasteiger partial charge in [0, 0.05) is 45.8 Å². The molecule has 0 bridgehead atoms. The predicted octanol–water partition coefficient (Wildman–Crippen LogP) is 0.770. The van der Waals surface area contributed by atoms with Crippen molar-refractivity contribution in [2.75, 3.05) is 54.0 Å². The quantitative estimate of drug-likeness (QED) is 0.584. The molecule has 1 amide bonds. The lowest BCUT2D eigenvalue weighted by atomic mass is 10.1. The monoisotopic (exact) mass is 317 g/mol. The fraction of sp³-hybridized carbons (Fsp3) is 0.917. The highest BCUT2D eigenvalue weighted by Crippen LogP contribution is 1.92. The van der Waals surface area contributed by atoms with E-state index < -0.39 is 0 Å². The summed E-state index contributed by atoms with van der Waals surface area (Å²) in [5, 5.41) is 5.93. The van der Waals surface area contributed by atoms with Crippen LogP contribution in [0.15, 0.2) is 0 Å². The molecule has 0 saturated heterocycles. The molecule has 0 aliphatic rings. The van der Waals surface area contributed by atoms with E-state index in [4.69, 9.17) is 4.74 Å². The Labute approximate surface area is 129 Å². The topological polar surface area (TPSA) is 53.6 Å². The Morgan fingerprint density at radius 1 is 1.32 bits per heavy atom. The van der Waals surface area contributed by atoms with Gasteiger partial charge in [0.15, 0.2) is 0 Å². The van der Waals surface area contributed by atoms with Crippen LogP contribution in [-0.4, -0.2) is 64.8 Å². The number of likely N-dealkylation sites (N-methyl/N-ethyl adjacent to an activating group) is 1. The number of nitrogens with one attached hydrogen (secondary N) is 2. The van der Waals surface area contributed by atoms with Crippen molar-refractivity contribution in [3.63, 3.8) is 0 Å². The van der Waals surface area contributed by atoms with Crippen molar-refractivity contribution < 1.29 is 9.53 Å². The third-order valence-electron chi connectivity index (χ3n) is 2.64. The second kappa shape index (κ2) is 16.0. The van der Waals surface area contributed by atoms with E-state index in [0.29, 0.717) is 6.54 Å². The molecule has 0 aromatic heterocycles. The van der Waals surface area contributed by atoms with Crippen LogP contribution in [0.5, 0.6) is 0 Å².